The lowest BCUT2D eigenvalue weighted by Gasteiger charge is -2.36. The number of carbonyl (C=O) groups excluding carboxylic acids is 2. The lowest BCUT2D eigenvalue weighted by molar-refractivity contribution is -0.136. The monoisotopic (exact) mass is 394 g/mol. The zero-order valence-corrected chi connectivity index (χ0v) is 16.7. The van der Waals surface area contributed by atoms with E-state index in [9.17, 15) is 9.59 Å². The van der Waals surface area contributed by atoms with E-state index in [0.29, 0.717) is 32.1 Å². The number of rotatable bonds is 5. The number of ether oxygens (including phenoxy) is 1. The average molecular weight is 394 g/mol. The van der Waals surface area contributed by atoms with Gasteiger partial charge in [-0.1, -0.05) is 24.3 Å². The second kappa shape index (κ2) is 8.51. The fourth-order valence-corrected chi connectivity index (χ4v) is 3.95. The van der Waals surface area contributed by atoms with E-state index in [1.54, 1.807) is 4.90 Å². The molecule has 1 aromatic heterocycles. The highest BCUT2D eigenvalue weighted by Crippen LogP contribution is 2.27. The van der Waals surface area contributed by atoms with E-state index in [2.05, 4.69) is 9.88 Å². The van der Waals surface area contributed by atoms with Crippen molar-refractivity contribution in [1.29, 1.82) is 0 Å². The Kier molecular flexibility index (Phi) is 5.64. The summed E-state index contributed by atoms with van der Waals surface area (Å²) >= 11 is 0. The summed E-state index contributed by atoms with van der Waals surface area (Å²) < 4.78 is 5.48. The van der Waals surface area contributed by atoms with Crippen LogP contribution < -0.4 is 14.5 Å². The lowest BCUT2D eigenvalue weighted by Crippen LogP contribution is -2.51. The predicted molar refractivity (Wildman–Crippen MR) is 111 cm³/mol. The SMILES string of the molecule is CCOc1cccc(N2CCN(C(=O)C3CC(=O)N(c4ccccc4)C3)CC2)n1. The van der Waals surface area contributed by atoms with Gasteiger partial charge in [-0.05, 0) is 25.1 Å². The molecule has 2 fully saturated rings. The van der Waals surface area contributed by atoms with Crippen LogP contribution in [0.4, 0.5) is 11.5 Å². The molecule has 2 aliphatic heterocycles. The van der Waals surface area contributed by atoms with E-state index < -0.39 is 0 Å². The van der Waals surface area contributed by atoms with Crippen LogP contribution in [0.5, 0.6) is 5.88 Å². The quantitative estimate of drug-likeness (QED) is 0.778. The predicted octanol–water partition coefficient (Wildman–Crippen LogP) is 2.18. The van der Waals surface area contributed by atoms with Gasteiger partial charge in [0.2, 0.25) is 17.7 Å². The molecule has 1 aromatic carbocycles. The first-order valence-electron chi connectivity index (χ1n) is 10.1. The zero-order chi connectivity index (χ0) is 20.2. The third kappa shape index (κ3) is 4.18. The molecule has 2 aliphatic rings. The number of anilines is 2. The number of para-hydroxylation sites is 1. The Morgan fingerprint density at radius 2 is 1.83 bits per heavy atom. The topological polar surface area (TPSA) is 66.0 Å². The minimum Gasteiger partial charge on any atom is -0.478 e. The number of aromatic nitrogens is 1. The summed E-state index contributed by atoms with van der Waals surface area (Å²) in [5, 5.41) is 0. The second-order valence-electron chi connectivity index (χ2n) is 7.32. The van der Waals surface area contributed by atoms with Crippen molar-refractivity contribution >= 4 is 23.3 Å². The summed E-state index contributed by atoms with van der Waals surface area (Å²) in [6, 6.07) is 15.3. The van der Waals surface area contributed by atoms with Crippen LogP contribution in [0.2, 0.25) is 0 Å². The fraction of sp³-hybridized carbons (Fsp3) is 0.409. The van der Waals surface area contributed by atoms with Crippen LogP contribution in [0.25, 0.3) is 0 Å². The van der Waals surface area contributed by atoms with Crippen molar-refractivity contribution < 1.29 is 14.3 Å². The Bertz CT molecular complexity index is 865. The first-order chi connectivity index (χ1) is 14.2. The Balaban J connectivity index is 1.35. The highest BCUT2D eigenvalue weighted by molar-refractivity contribution is 6.00. The van der Waals surface area contributed by atoms with Gasteiger partial charge in [0.15, 0.2) is 0 Å². The largest absolute Gasteiger partial charge is 0.478 e. The number of amides is 2. The molecule has 0 N–H and O–H groups in total. The molecule has 2 amide bonds. The number of pyridine rings is 1. The van der Waals surface area contributed by atoms with Gasteiger partial charge < -0.3 is 19.4 Å². The molecule has 29 heavy (non-hydrogen) atoms. The molecule has 1 unspecified atom stereocenters. The van der Waals surface area contributed by atoms with Crippen molar-refractivity contribution in [3.05, 3.63) is 48.5 Å². The Morgan fingerprint density at radius 3 is 2.55 bits per heavy atom. The number of benzene rings is 1. The smallest absolute Gasteiger partial charge is 0.228 e. The molecule has 1 atom stereocenters. The first kappa shape index (κ1) is 19.2. The van der Waals surface area contributed by atoms with E-state index in [-0.39, 0.29) is 24.2 Å². The molecule has 3 heterocycles. The first-order valence-corrected chi connectivity index (χ1v) is 10.1. The van der Waals surface area contributed by atoms with Crippen LogP contribution in [0.3, 0.4) is 0 Å². The summed E-state index contributed by atoms with van der Waals surface area (Å²) in [4.78, 5) is 35.7. The number of hydrogen-bond donors (Lipinski definition) is 0. The summed E-state index contributed by atoms with van der Waals surface area (Å²) in [6.07, 6.45) is 0.284. The van der Waals surface area contributed by atoms with Crippen molar-refractivity contribution in [3.63, 3.8) is 0 Å². The summed E-state index contributed by atoms with van der Waals surface area (Å²) in [6.45, 7) is 5.68. The van der Waals surface area contributed by atoms with Gasteiger partial charge in [0, 0.05) is 50.9 Å². The molecule has 0 aliphatic carbocycles. The van der Waals surface area contributed by atoms with Gasteiger partial charge in [-0.2, -0.15) is 4.98 Å². The maximum absolute atomic E-state index is 13.0. The molecule has 152 valence electrons. The van der Waals surface area contributed by atoms with E-state index >= 15 is 0 Å². The van der Waals surface area contributed by atoms with Gasteiger partial charge in [0.05, 0.1) is 12.5 Å². The standard InChI is InChI=1S/C22H26N4O3/c1-2-29-20-10-6-9-19(23-20)24-11-13-25(14-12-24)22(28)17-15-21(27)26(16-17)18-7-4-3-5-8-18/h3-10,17H,2,11-16H2,1H3. The number of hydrogen-bond acceptors (Lipinski definition) is 5. The van der Waals surface area contributed by atoms with Crippen LogP contribution >= 0.6 is 0 Å². The number of carbonyl (C=O) groups is 2. The highest BCUT2D eigenvalue weighted by atomic mass is 16.5. The molecule has 2 saturated heterocycles. The third-order valence-electron chi connectivity index (χ3n) is 5.46. The maximum Gasteiger partial charge on any atom is 0.228 e. The van der Waals surface area contributed by atoms with Crippen molar-refractivity contribution in [2.24, 2.45) is 5.92 Å². The normalized spacial score (nSPS) is 19.6. The van der Waals surface area contributed by atoms with Gasteiger partial charge in [-0.3, -0.25) is 9.59 Å². The van der Waals surface area contributed by atoms with Crippen molar-refractivity contribution in [3.8, 4) is 5.88 Å². The van der Waals surface area contributed by atoms with Gasteiger partial charge in [-0.15, -0.1) is 0 Å². The molecular weight excluding hydrogens is 368 g/mol. The van der Waals surface area contributed by atoms with E-state index in [1.165, 1.54) is 0 Å². The molecule has 2 aromatic rings. The van der Waals surface area contributed by atoms with Crippen molar-refractivity contribution in [1.82, 2.24) is 9.88 Å². The summed E-state index contributed by atoms with van der Waals surface area (Å²) in [7, 11) is 0. The fourth-order valence-electron chi connectivity index (χ4n) is 3.95. The Labute approximate surface area is 170 Å². The van der Waals surface area contributed by atoms with E-state index in [1.807, 2.05) is 60.4 Å². The van der Waals surface area contributed by atoms with Crippen LogP contribution in [0, 0.1) is 5.92 Å². The molecule has 0 bridgehead atoms. The number of piperazine rings is 1. The molecule has 7 heteroatoms. The average Bonchev–Trinajstić information content (AvgIpc) is 3.16. The van der Waals surface area contributed by atoms with Gasteiger partial charge in [-0.25, -0.2) is 0 Å². The van der Waals surface area contributed by atoms with Crippen molar-refractivity contribution in [2.45, 2.75) is 13.3 Å². The van der Waals surface area contributed by atoms with E-state index in [0.717, 1.165) is 24.6 Å². The molecule has 0 radical (unpaired) electrons. The molecule has 0 saturated carbocycles. The van der Waals surface area contributed by atoms with Gasteiger partial charge in [0.25, 0.3) is 0 Å². The number of nitrogens with zero attached hydrogens (tertiary/aromatic N) is 4. The minimum atomic E-state index is -0.270. The summed E-state index contributed by atoms with van der Waals surface area (Å²) in [5.41, 5.74) is 0.859. The molecule has 7 nitrogen and oxygen atoms in total. The van der Waals surface area contributed by atoms with Crippen LogP contribution in [-0.4, -0.2) is 61.0 Å². The van der Waals surface area contributed by atoms with Gasteiger partial charge >= 0.3 is 0 Å². The van der Waals surface area contributed by atoms with Crippen LogP contribution in [0.15, 0.2) is 48.5 Å². The lowest BCUT2D eigenvalue weighted by atomic mass is 10.1. The zero-order valence-electron chi connectivity index (χ0n) is 16.7. The highest BCUT2D eigenvalue weighted by Gasteiger charge is 2.37. The van der Waals surface area contributed by atoms with Crippen molar-refractivity contribution in [2.75, 3.05) is 49.1 Å². The van der Waals surface area contributed by atoms with Gasteiger partial charge in [0.1, 0.15) is 5.82 Å². The third-order valence-corrected chi connectivity index (χ3v) is 5.46. The second-order valence-corrected chi connectivity index (χ2v) is 7.32. The maximum atomic E-state index is 13.0. The molecule has 4 rings (SSSR count). The van der Waals surface area contributed by atoms with Crippen LogP contribution in [0.1, 0.15) is 13.3 Å². The minimum absolute atomic E-state index is 0.0186. The Morgan fingerprint density at radius 1 is 1.07 bits per heavy atom. The molecule has 0 spiro atoms. The molecular formula is C22H26N4O3. The Hall–Kier alpha value is -3.09. The van der Waals surface area contributed by atoms with Crippen LogP contribution in [-0.2, 0) is 9.59 Å². The summed E-state index contributed by atoms with van der Waals surface area (Å²) in [5.74, 6) is 1.31. The van der Waals surface area contributed by atoms with E-state index in [4.69, 9.17) is 4.74 Å².